The summed E-state index contributed by atoms with van der Waals surface area (Å²) < 4.78 is 5.11. The maximum absolute atomic E-state index is 12.3. The van der Waals surface area contributed by atoms with Gasteiger partial charge in [-0.2, -0.15) is 0 Å². The highest BCUT2D eigenvalue weighted by Gasteiger charge is 2.18. The second-order valence-electron chi connectivity index (χ2n) is 4.84. The minimum absolute atomic E-state index is 0.103. The van der Waals surface area contributed by atoms with Crippen LogP contribution in [-0.4, -0.2) is 23.2 Å². The van der Waals surface area contributed by atoms with Crippen molar-refractivity contribution in [2.75, 3.05) is 12.4 Å². The highest BCUT2D eigenvalue weighted by atomic mass is 35.5. The molecule has 0 unspecified atom stereocenters. The molecule has 126 valence electrons. The van der Waals surface area contributed by atoms with E-state index in [0.717, 1.165) is 4.90 Å². The van der Waals surface area contributed by atoms with Gasteiger partial charge in [-0.05, 0) is 37.3 Å². The molecule has 1 atom stereocenters. The van der Waals surface area contributed by atoms with Gasteiger partial charge < -0.3 is 10.1 Å². The second kappa shape index (κ2) is 8.03. The average molecular weight is 367 g/mol. The van der Waals surface area contributed by atoms with E-state index in [4.69, 9.17) is 16.3 Å². The summed E-state index contributed by atoms with van der Waals surface area (Å²) in [5.41, 5.74) is 0.282. The van der Waals surface area contributed by atoms with E-state index in [1.807, 2.05) is 12.1 Å². The van der Waals surface area contributed by atoms with Gasteiger partial charge in [-0.15, -0.1) is 11.8 Å². The highest BCUT2D eigenvalue weighted by Crippen LogP contribution is 2.30. The first kappa shape index (κ1) is 18.1. The molecular formula is C16H15ClN2O4S. The van der Waals surface area contributed by atoms with E-state index in [-0.39, 0.29) is 22.6 Å². The van der Waals surface area contributed by atoms with Crippen LogP contribution in [0.2, 0.25) is 5.02 Å². The van der Waals surface area contributed by atoms with Gasteiger partial charge >= 0.3 is 0 Å². The van der Waals surface area contributed by atoms with E-state index in [2.05, 4.69) is 5.32 Å². The van der Waals surface area contributed by atoms with Crippen LogP contribution in [0.3, 0.4) is 0 Å². The summed E-state index contributed by atoms with van der Waals surface area (Å²) in [6, 6.07) is 11.2. The normalized spacial score (nSPS) is 11.6. The third-order valence-corrected chi connectivity index (χ3v) is 4.51. The fourth-order valence-electron chi connectivity index (χ4n) is 1.90. The molecule has 2 aromatic carbocycles. The van der Waals surface area contributed by atoms with Crippen molar-refractivity contribution in [1.82, 2.24) is 0 Å². The van der Waals surface area contributed by atoms with Crippen molar-refractivity contribution >= 4 is 40.6 Å². The molecule has 0 heterocycles. The number of non-ortho nitro benzene ring substituents is 1. The van der Waals surface area contributed by atoms with Crippen LogP contribution >= 0.6 is 23.4 Å². The second-order valence-corrected chi connectivity index (χ2v) is 6.70. The third kappa shape index (κ3) is 4.62. The lowest BCUT2D eigenvalue weighted by Crippen LogP contribution is -2.22. The number of hydrogen-bond acceptors (Lipinski definition) is 5. The van der Waals surface area contributed by atoms with E-state index in [0.29, 0.717) is 10.7 Å². The molecule has 0 saturated heterocycles. The van der Waals surface area contributed by atoms with Crippen molar-refractivity contribution in [3.63, 3.8) is 0 Å². The van der Waals surface area contributed by atoms with Crippen molar-refractivity contribution in [3.8, 4) is 5.75 Å². The quantitative estimate of drug-likeness (QED) is 0.466. The van der Waals surface area contributed by atoms with Gasteiger partial charge in [0.25, 0.3) is 5.69 Å². The van der Waals surface area contributed by atoms with Crippen LogP contribution in [0.15, 0.2) is 47.4 Å². The van der Waals surface area contributed by atoms with Crippen molar-refractivity contribution in [1.29, 1.82) is 0 Å². The zero-order valence-corrected chi connectivity index (χ0v) is 14.6. The Labute approximate surface area is 148 Å². The molecule has 0 aromatic heterocycles. The number of anilines is 1. The van der Waals surface area contributed by atoms with Gasteiger partial charge in [-0.25, -0.2) is 0 Å². The molecule has 0 spiro atoms. The predicted octanol–water partition coefficient (Wildman–Crippen LogP) is 4.38. The van der Waals surface area contributed by atoms with Crippen LogP contribution in [0.5, 0.6) is 5.75 Å². The Morgan fingerprint density at radius 2 is 1.96 bits per heavy atom. The number of nitrogens with one attached hydrogen (secondary N) is 1. The largest absolute Gasteiger partial charge is 0.494 e. The summed E-state index contributed by atoms with van der Waals surface area (Å²) in [7, 11) is 1.39. The molecule has 24 heavy (non-hydrogen) atoms. The van der Waals surface area contributed by atoms with Gasteiger partial charge in [0.1, 0.15) is 5.75 Å². The molecule has 2 aromatic rings. The molecule has 0 aliphatic rings. The smallest absolute Gasteiger partial charge is 0.273 e. The molecule has 1 N–H and O–H groups in total. The van der Waals surface area contributed by atoms with E-state index in [1.165, 1.54) is 37.1 Å². The predicted molar refractivity (Wildman–Crippen MR) is 95.0 cm³/mol. The Hall–Kier alpha value is -2.25. The van der Waals surface area contributed by atoms with Crippen molar-refractivity contribution < 1.29 is 14.5 Å². The maximum Gasteiger partial charge on any atom is 0.273 e. The maximum atomic E-state index is 12.3. The summed E-state index contributed by atoms with van der Waals surface area (Å²) in [5.74, 6) is 0.00310. The summed E-state index contributed by atoms with van der Waals surface area (Å²) in [5, 5.41) is 13.8. The van der Waals surface area contributed by atoms with Crippen LogP contribution in [0.1, 0.15) is 6.92 Å². The highest BCUT2D eigenvalue weighted by molar-refractivity contribution is 8.00. The number of nitrogens with zero attached hydrogens (tertiary/aromatic N) is 1. The summed E-state index contributed by atoms with van der Waals surface area (Å²) in [6.45, 7) is 1.77. The van der Waals surface area contributed by atoms with Gasteiger partial charge in [0.15, 0.2) is 0 Å². The van der Waals surface area contributed by atoms with Crippen LogP contribution in [0, 0.1) is 10.1 Å². The number of hydrogen-bond donors (Lipinski definition) is 1. The number of benzene rings is 2. The van der Waals surface area contributed by atoms with Gasteiger partial charge in [-0.1, -0.05) is 11.6 Å². The number of thioether (sulfide) groups is 1. The van der Waals surface area contributed by atoms with E-state index < -0.39 is 4.92 Å². The average Bonchev–Trinajstić information content (AvgIpc) is 2.56. The molecule has 0 bridgehead atoms. The number of ether oxygens (including phenoxy) is 1. The van der Waals surface area contributed by atoms with Crippen LogP contribution < -0.4 is 10.1 Å². The van der Waals surface area contributed by atoms with Gasteiger partial charge in [0.05, 0.1) is 29.0 Å². The lowest BCUT2D eigenvalue weighted by Gasteiger charge is -2.14. The third-order valence-electron chi connectivity index (χ3n) is 3.15. The van der Waals surface area contributed by atoms with Crippen molar-refractivity contribution in [2.24, 2.45) is 0 Å². The molecule has 1 amide bonds. The Balaban J connectivity index is 2.08. The molecular weight excluding hydrogens is 352 g/mol. The molecule has 0 aliphatic heterocycles. The number of carbonyl (C=O) groups is 1. The summed E-state index contributed by atoms with van der Waals surface area (Å²) in [6.07, 6.45) is 0. The zero-order valence-electron chi connectivity index (χ0n) is 13.0. The molecule has 0 aliphatic carbocycles. The van der Waals surface area contributed by atoms with E-state index in [9.17, 15) is 14.9 Å². The van der Waals surface area contributed by atoms with E-state index >= 15 is 0 Å². The number of nitro benzene ring substituents is 1. The summed E-state index contributed by atoms with van der Waals surface area (Å²) in [4.78, 5) is 23.5. The van der Waals surface area contributed by atoms with Gasteiger partial charge in [-0.3, -0.25) is 14.9 Å². The number of rotatable bonds is 6. The molecule has 0 radical (unpaired) electrons. The number of methoxy groups -OCH3 is 1. The number of halogens is 1. The minimum atomic E-state index is -0.521. The van der Waals surface area contributed by atoms with Crippen LogP contribution in [-0.2, 0) is 4.79 Å². The fraction of sp³-hybridized carbons (Fsp3) is 0.188. The molecule has 6 nitrogen and oxygen atoms in total. The lowest BCUT2D eigenvalue weighted by molar-refractivity contribution is -0.384. The van der Waals surface area contributed by atoms with E-state index in [1.54, 1.807) is 19.1 Å². The Morgan fingerprint density at radius 3 is 2.54 bits per heavy atom. The monoisotopic (exact) mass is 366 g/mol. The first-order valence-corrected chi connectivity index (χ1v) is 8.22. The van der Waals surface area contributed by atoms with Gasteiger partial charge in [0.2, 0.25) is 5.91 Å². The number of amides is 1. The first-order valence-electron chi connectivity index (χ1n) is 6.96. The Bertz CT molecular complexity index is 752. The molecule has 0 fully saturated rings. The molecule has 8 heteroatoms. The SMILES string of the molecule is COc1cc([N+](=O)[O-])ccc1NC(=O)[C@@H](C)Sc1ccc(Cl)cc1. The Morgan fingerprint density at radius 1 is 1.29 bits per heavy atom. The molecule has 2 rings (SSSR count). The summed E-state index contributed by atoms with van der Waals surface area (Å²) >= 11 is 7.22. The molecule has 0 saturated carbocycles. The topological polar surface area (TPSA) is 81.5 Å². The van der Waals surface area contributed by atoms with Crippen molar-refractivity contribution in [3.05, 3.63) is 57.6 Å². The van der Waals surface area contributed by atoms with Crippen LogP contribution in [0.4, 0.5) is 11.4 Å². The van der Waals surface area contributed by atoms with Gasteiger partial charge in [0, 0.05) is 16.0 Å². The van der Waals surface area contributed by atoms with Crippen LogP contribution in [0.25, 0.3) is 0 Å². The number of nitro groups is 1. The number of carbonyl (C=O) groups excluding carboxylic acids is 1. The zero-order chi connectivity index (χ0) is 17.7. The standard InChI is InChI=1S/C16H15ClN2O4S/c1-10(24-13-6-3-11(17)4-7-13)16(20)18-14-8-5-12(19(21)22)9-15(14)23-2/h3-10H,1-2H3,(H,18,20)/t10-/m1/s1. The minimum Gasteiger partial charge on any atom is -0.494 e. The van der Waals surface area contributed by atoms with Crippen molar-refractivity contribution in [2.45, 2.75) is 17.1 Å². The Kier molecular flexibility index (Phi) is 6.05. The lowest BCUT2D eigenvalue weighted by atomic mass is 10.2. The first-order chi connectivity index (χ1) is 11.4. The fourth-order valence-corrected chi connectivity index (χ4v) is 2.90.